The minimum Gasteiger partial charge on any atom is -0.461 e. The summed E-state index contributed by atoms with van der Waals surface area (Å²) in [5.74, 6) is -0.336. The lowest BCUT2D eigenvalue weighted by molar-refractivity contribution is -0.138. The molecule has 0 saturated carbocycles. The molecular weight excluding hydrogens is 276 g/mol. The first kappa shape index (κ1) is 15.8. The largest absolute Gasteiger partial charge is 0.461 e. The zero-order valence-corrected chi connectivity index (χ0v) is 12.7. The molecule has 2 aromatic rings. The molecule has 0 saturated heterocycles. The Labute approximate surface area is 130 Å². The summed E-state index contributed by atoms with van der Waals surface area (Å²) in [6, 6.07) is 13.5. The number of ether oxygens (including phenoxy) is 1. The number of para-hydroxylation sites is 1. The maximum atomic E-state index is 12.0. The lowest BCUT2D eigenvalue weighted by Gasteiger charge is -2.10. The van der Waals surface area contributed by atoms with Crippen molar-refractivity contribution >= 4 is 11.7 Å². The van der Waals surface area contributed by atoms with E-state index in [2.05, 4.69) is 10.3 Å². The van der Waals surface area contributed by atoms with Crippen LogP contribution in [0, 0.1) is 0 Å². The Hall–Kier alpha value is -2.62. The van der Waals surface area contributed by atoms with Gasteiger partial charge in [-0.3, -0.25) is 4.98 Å². The van der Waals surface area contributed by atoms with Crippen LogP contribution in [-0.2, 0) is 16.0 Å². The molecule has 0 atom stereocenters. The van der Waals surface area contributed by atoms with Crippen LogP contribution in [0.3, 0.4) is 0 Å². The Bertz CT molecular complexity index is 609. The molecule has 4 heteroatoms. The van der Waals surface area contributed by atoms with E-state index in [9.17, 15) is 4.79 Å². The number of hydrogen-bond donors (Lipinski definition) is 1. The van der Waals surface area contributed by atoms with Crippen LogP contribution in [0.15, 0.2) is 66.6 Å². The normalized spacial score (nSPS) is 11.0. The SMILES string of the molecule is C/C=C(\Nc1ccccc1)C(=O)OCCCc1cccnc1. The van der Waals surface area contributed by atoms with Gasteiger partial charge in [-0.25, -0.2) is 4.79 Å². The summed E-state index contributed by atoms with van der Waals surface area (Å²) < 4.78 is 5.30. The van der Waals surface area contributed by atoms with Gasteiger partial charge in [0, 0.05) is 18.1 Å². The molecule has 22 heavy (non-hydrogen) atoms. The Morgan fingerprint density at radius 2 is 2.05 bits per heavy atom. The highest BCUT2D eigenvalue weighted by Crippen LogP contribution is 2.10. The van der Waals surface area contributed by atoms with Crippen LogP contribution in [0.1, 0.15) is 18.9 Å². The van der Waals surface area contributed by atoms with E-state index in [0.717, 1.165) is 24.1 Å². The summed E-state index contributed by atoms with van der Waals surface area (Å²) >= 11 is 0. The molecule has 0 radical (unpaired) electrons. The standard InChI is InChI=1S/C18H20N2O2/c1-2-17(20-16-10-4-3-5-11-16)18(21)22-13-7-9-15-8-6-12-19-14-15/h2-6,8,10-12,14,20H,7,9,13H2,1H3/b17-2-. The third-order valence-corrected chi connectivity index (χ3v) is 3.13. The number of aromatic nitrogens is 1. The zero-order chi connectivity index (χ0) is 15.6. The minimum absolute atomic E-state index is 0.336. The van der Waals surface area contributed by atoms with Gasteiger partial charge in [0.1, 0.15) is 5.70 Å². The number of nitrogens with one attached hydrogen (secondary N) is 1. The number of nitrogens with zero attached hydrogens (tertiary/aromatic N) is 1. The van der Waals surface area contributed by atoms with Crippen LogP contribution in [0.2, 0.25) is 0 Å². The van der Waals surface area contributed by atoms with E-state index in [1.165, 1.54) is 0 Å². The molecule has 0 aliphatic carbocycles. The fraction of sp³-hybridized carbons (Fsp3) is 0.222. The first-order valence-electron chi connectivity index (χ1n) is 7.34. The zero-order valence-electron chi connectivity index (χ0n) is 12.7. The van der Waals surface area contributed by atoms with Crippen molar-refractivity contribution in [2.24, 2.45) is 0 Å². The van der Waals surface area contributed by atoms with Crippen molar-refractivity contribution in [2.75, 3.05) is 11.9 Å². The van der Waals surface area contributed by atoms with Gasteiger partial charge in [0.05, 0.1) is 6.61 Å². The number of aryl methyl sites for hydroxylation is 1. The Balaban J connectivity index is 1.76. The molecule has 0 spiro atoms. The number of benzene rings is 1. The van der Waals surface area contributed by atoms with Crippen LogP contribution in [-0.4, -0.2) is 17.6 Å². The van der Waals surface area contributed by atoms with Crippen LogP contribution >= 0.6 is 0 Å². The molecule has 0 amide bonds. The molecule has 114 valence electrons. The lowest BCUT2D eigenvalue weighted by Crippen LogP contribution is -2.15. The van der Waals surface area contributed by atoms with E-state index in [0.29, 0.717) is 12.3 Å². The molecule has 0 fully saturated rings. The molecule has 0 aliphatic heterocycles. The molecule has 2 rings (SSSR count). The number of allylic oxidation sites excluding steroid dienone is 1. The predicted octanol–water partition coefficient (Wildman–Crippen LogP) is 3.57. The Kier molecular flexibility index (Phi) is 6.18. The second-order valence-electron chi connectivity index (χ2n) is 4.79. The van der Waals surface area contributed by atoms with Gasteiger partial charge in [-0.2, -0.15) is 0 Å². The van der Waals surface area contributed by atoms with Crippen molar-refractivity contribution in [2.45, 2.75) is 19.8 Å². The maximum absolute atomic E-state index is 12.0. The molecule has 1 N–H and O–H groups in total. The molecule has 1 heterocycles. The average Bonchev–Trinajstić information content (AvgIpc) is 2.58. The summed E-state index contributed by atoms with van der Waals surface area (Å²) in [5, 5.41) is 3.06. The average molecular weight is 296 g/mol. The van der Waals surface area contributed by atoms with Crippen LogP contribution in [0.4, 0.5) is 5.69 Å². The van der Waals surface area contributed by atoms with Crippen molar-refractivity contribution in [3.8, 4) is 0 Å². The number of hydrogen-bond acceptors (Lipinski definition) is 4. The first-order valence-corrected chi connectivity index (χ1v) is 7.34. The number of carbonyl (C=O) groups excluding carboxylic acids is 1. The number of rotatable bonds is 7. The highest BCUT2D eigenvalue weighted by molar-refractivity contribution is 5.91. The molecule has 0 aliphatic rings. The monoisotopic (exact) mass is 296 g/mol. The summed E-state index contributed by atoms with van der Waals surface area (Å²) in [6.45, 7) is 2.20. The van der Waals surface area contributed by atoms with E-state index in [1.54, 1.807) is 12.3 Å². The van der Waals surface area contributed by atoms with Gasteiger partial charge in [-0.15, -0.1) is 0 Å². The molecular formula is C18H20N2O2. The molecule has 0 bridgehead atoms. The van der Waals surface area contributed by atoms with E-state index < -0.39 is 0 Å². The number of pyridine rings is 1. The van der Waals surface area contributed by atoms with Crippen molar-refractivity contribution in [3.05, 3.63) is 72.2 Å². The summed E-state index contributed by atoms with van der Waals surface area (Å²) in [4.78, 5) is 16.1. The van der Waals surface area contributed by atoms with E-state index in [4.69, 9.17) is 4.74 Å². The van der Waals surface area contributed by atoms with Crippen molar-refractivity contribution in [1.29, 1.82) is 0 Å². The van der Waals surface area contributed by atoms with Gasteiger partial charge >= 0.3 is 5.97 Å². The van der Waals surface area contributed by atoms with Crippen molar-refractivity contribution in [1.82, 2.24) is 4.98 Å². The summed E-state index contributed by atoms with van der Waals surface area (Å²) in [7, 11) is 0. The van der Waals surface area contributed by atoms with Crippen LogP contribution in [0.25, 0.3) is 0 Å². The quantitative estimate of drug-likeness (QED) is 0.482. The number of anilines is 1. The molecule has 1 aromatic heterocycles. The third-order valence-electron chi connectivity index (χ3n) is 3.13. The minimum atomic E-state index is -0.336. The first-order chi connectivity index (χ1) is 10.8. The highest BCUT2D eigenvalue weighted by atomic mass is 16.5. The smallest absolute Gasteiger partial charge is 0.354 e. The highest BCUT2D eigenvalue weighted by Gasteiger charge is 2.10. The van der Waals surface area contributed by atoms with Crippen LogP contribution < -0.4 is 5.32 Å². The maximum Gasteiger partial charge on any atom is 0.354 e. The van der Waals surface area contributed by atoms with E-state index in [1.807, 2.05) is 55.6 Å². The van der Waals surface area contributed by atoms with Crippen molar-refractivity contribution in [3.63, 3.8) is 0 Å². The van der Waals surface area contributed by atoms with Gasteiger partial charge in [-0.05, 0) is 43.5 Å². The molecule has 1 aromatic carbocycles. The van der Waals surface area contributed by atoms with Gasteiger partial charge in [0.25, 0.3) is 0 Å². The van der Waals surface area contributed by atoms with E-state index in [-0.39, 0.29) is 5.97 Å². The van der Waals surface area contributed by atoms with Crippen LogP contribution in [0.5, 0.6) is 0 Å². The second-order valence-corrected chi connectivity index (χ2v) is 4.79. The summed E-state index contributed by atoms with van der Waals surface area (Å²) in [5.41, 5.74) is 2.46. The topological polar surface area (TPSA) is 51.2 Å². The molecule has 4 nitrogen and oxygen atoms in total. The van der Waals surface area contributed by atoms with Crippen molar-refractivity contribution < 1.29 is 9.53 Å². The number of carbonyl (C=O) groups is 1. The Morgan fingerprint density at radius 3 is 2.73 bits per heavy atom. The second kappa shape index (κ2) is 8.62. The fourth-order valence-electron chi connectivity index (χ4n) is 1.98. The predicted molar refractivity (Wildman–Crippen MR) is 87.3 cm³/mol. The lowest BCUT2D eigenvalue weighted by atomic mass is 10.2. The number of esters is 1. The van der Waals surface area contributed by atoms with Gasteiger partial charge in [-0.1, -0.05) is 30.3 Å². The summed E-state index contributed by atoms with van der Waals surface area (Å²) in [6.07, 6.45) is 6.92. The Morgan fingerprint density at radius 1 is 1.23 bits per heavy atom. The fourth-order valence-corrected chi connectivity index (χ4v) is 1.98. The van der Waals surface area contributed by atoms with Gasteiger partial charge < -0.3 is 10.1 Å². The van der Waals surface area contributed by atoms with Gasteiger partial charge in [0.2, 0.25) is 0 Å². The van der Waals surface area contributed by atoms with E-state index >= 15 is 0 Å². The third kappa shape index (κ3) is 5.05. The van der Waals surface area contributed by atoms with Gasteiger partial charge in [0.15, 0.2) is 0 Å². The molecule has 0 unspecified atom stereocenters.